The fraction of sp³-hybridized carbons (Fsp3) is 0.360. The van der Waals surface area contributed by atoms with E-state index < -0.39 is 0 Å². The summed E-state index contributed by atoms with van der Waals surface area (Å²) in [5.41, 5.74) is 2.19. The van der Waals surface area contributed by atoms with Crippen LogP contribution in [0.1, 0.15) is 40.7 Å². The van der Waals surface area contributed by atoms with E-state index in [2.05, 4.69) is 4.90 Å². The molecule has 1 fully saturated rings. The minimum Gasteiger partial charge on any atom is -0.508 e. The molecule has 1 N–H and O–H groups in total. The highest BCUT2D eigenvalue weighted by molar-refractivity contribution is 6.16. The van der Waals surface area contributed by atoms with Crippen molar-refractivity contribution in [3.63, 3.8) is 0 Å². The minimum absolute atomic E-state index is 0.138. The Morgan fingerprint density at radius 1 is 1.09 bits per heavy atom. The second kappa shape index (κ2) is 9.44. The summed E-state index contributed by atoms with van der Waals surface area (Å²) in [5, 5.41) is 11.3. The summed E-state index contributed by atoms with van der Waals surface area (Å²) < 4.78 is 15.6. The number of esters is 1. The molecular weight excluding hydrogens is 410 g/mol. The predicted molar refractivity (Wildman–Crippen MR) is 119 cm³/mol. The predicted octanol–water partition coefficient (Wildman–Crippen LogP) is 4.15. The van der Waals surface area contributed by atoms with Gasteiger partial charge in [-0.15, -0.1) is 0 Å². The molecule has 2 aromatic carbocycles. The summed E-state index contributed by atoms with van der Waals surface area (Å²) in [4.78, 5) is 27.0. The number of ketones is 1. The van der Waals surface area contributed by atoms with Gasteiger partial charge in [-0.05, 0) is 68.2 Å². The summed E-state index contributed by atoms with van der Waals surface area (Å²) in [6.45, 7) is 2.10. The third-order valence-electron chi connectivity index (χ3n) is 6.19. The molecule has 7 heteroatoms. The molecule has 32 heavy (non-hydrogen) atoms. The molecule has 0 unspecified atom stereocenters. The number of rotatable bonds is 7. The van der Waals surface area contributed by atoms with Gasteiger partial charge in [0.1, 0.15) is 23.3 Å². The number of furan rings is 1. The quantitative estimate of drug-likeness (QED) is 0.439. The maximum atomic E-state index is 13.2. The van der Waals surface area contributed by atoms with E-state index in [1.807, 2.05) is 0 Å². The van der Waals surface area contributed by atoms with Crippen molar-refractivity contribution in [1.29, 1.82) is 0 Å². The number of fused-ring (bicyclic) bond motifs is 1. The van der Waals surface area contributed by atoms with Gasteiger partial charge in [-0.1, -0.05) is 0 Å². The number of nitrogens with zero attached hydrogens (tertiary/aromatic N) is 1. The number of hydrogen-bond acceptors (Lipinski definition) is 7. The first-order valence-electron chi connectivity index (χ1n) is 10.7. The number of carbonyl (C=O) groups excluding carboxylic acids is 2. The van der Waals surface area contributed by atoms with Crippen LogP contribution in [-0.4, -0.2) is 49.1 Å². The van der Waals surface area contributed by atoms with E-state index in [4.69, 9.17) is 13.9 Å². The number of carbonyl (C=O) groups is 2. The normalized spacial score (nSPS) is 15.1. The topological polar surface area (TPSA) is 89.2 Å². The van der Waals surface area contributed by atoms with Gasteiger partial charge < -0.3 is 19.0 Å². The zero-order valence-electron chi connectivity index (χ0n) is 18.3. The van der Waals surface area contributed by atoms with Gasteiger partial charge >= 0.3 is 5.97 Å². The van der Waals surface area contributed by atoms with Crippen molar-refractivity contribution < 1.29 is 28.6 Å². The van der Waals surface area contributed by atoms with Crippen LogP contribution in [0.2, 0.25) is 0 Å². The second-order valence-corrected chi connectivity index (χ2v) is 8.14. The lowest BCUT2D eigenvalue weighted by Gasteiger charge is -2.31. The summed E-state index contributed by atoms with van der Waals surface area (Å²) in [5.74, 6) is 0.775. The molecule has 0 atom stereocenters. The van der Waals surface area contributed by atoms with Crippen LogP contribution in [0.25, 0.3) is 11.0 Å². The lowest BCUT2D eigenvalue weighted by molar-refractivity contribution is -0.142. The number of benzene rings is 2. The van der Waals surface area contributed by atoms with Crippen LogP contribution >= 0.6 is 0 Å². The van der Waals surface area contributed by atoms with Crippen molar-refractivity contribution in [3.05, 3.63) is 59.4 Å². The zero-order valence-corrected chi connectivity index (χ0v) is 18.3. The van der Waals surface area contributed by atoms with Gasteiger partial charge in [-0.3, -0.25) is 14.5 Å². The monoisotopic (exact) mass is 437 g/mol. The molecule has 0 spiro atoms. The maximum absolute atomic E-state index is 13.2. The Bertz CT molecular complexity index is 1110. The van der Waals surface area contributed by atoms with Crippen LogP contribution in [-0.2, 0) is 16.1 Å². The molecule has 0 saturated carbocycles. The van der Waals surface area contributed by atoms with Gasteiger partial charge in [0.15, 0.2) is 5.78 Å². The van der Waals surface area contributed by atoms with E-state index in [0.29, 0.717) is 52.3 Å². The smallest absolute Gasteiger partial charge is 0.305 e. The number of methoxy groups -OCH3 is 2. The van der Waals surface area contributed by atoms with Gasteiger partial charge in [-0.25, -0.2) is 0 Å². The van der Waals surface area contributed by atoms with Crippen LogP contribution in [0.15, 0.2) is 47.1 Å². The molecule has 0 amide bonds. The highest BCUT2D eigenvalue weighted by Gasteiger charge is 2.25. The molecule has 2 heterocycles. The van der Waals surface area contributed by atoms with Gasteiger partial charge in [0.05, 0.1) is 19.8 Å². The Labute approximate surface area is 186 Å². The number of aromatic hydroxyl groups is 1. The second-order valence-electron chi connectivity index (χ2n) is 8.14. The van der Waals surface area contributed by atoms with Crippen molar-refractivity contribution in [1.82, 2.24) is 4.90 Å². The van der Waals surface area contributed by atoms with Gasteiger partial charge in [0, 0.05) is 29.5 Å². The molecule has 3 aromatic rings. The maximum Gasteiger partial charge on any atom is 0.305 e. The van der Waals surface area contributed by atoms with Crippen molar-refractivity contribution in [3.8, 4) is 11.5 Å². The van der Waals surface area contributed by atoms with Crippen LogP contribution in [0.3, 0.4) is 0 Å². The molecule has 7 nitrogen and oxygen atoms in total. The third kappa shape index (κ3) is 4.48. The Kier molecular flexibility index (Phi) is 6.46. The molecule has 0 aliphatic carbocycles. The number of piperidine rings is 1. The standard InChI is InChI=1S/C25H27NO6/c1-30-18-5-3-17(4-6-18)25(29)20-15-32-22-8-7-21(27)19(24(20)22)14-26-11-9-16(10-12-26)13-23(28)31-2/h3-8,15-16,27H,9-14H2,1-2H3. The molecule has 1 aliphatic heterocycles. The minimum atomic E-state index is -0.175. The van der Waals surface area contributed by atoms with Gasteiger partial charge in [0.2, 0.25) is 0 Å². The molecular formula is C25H27NO6. The zero-order chi connectivity index (χ0) is 22.7. The average molecular weight is 437 g/mol. The van der Waals surface area contributed by atoms with Crippen molar-refractivity contribution >= 4 is 22.7 Å². The lowest BCUT2D eigenvalue weighted by Crippen LogP contribution is -2.34. The van der Waals surface area contributed by atoms with Gasteiger partial charge in [0.25, 0.3) is 0 Å². The van der Waals surface area contributed by atoms with E-state index >= 15 is 0 Å². The van der Waals surface area contributed by atoms with Gasteiger partial charge in [-0.2, -0.15) is 0 Å². The largest absolute Gasteiger partial charge is 0.508 e. The lowest BCUT2D eigenvalue weighted by atomic mass is 9.92. The van der Waals surface area contributed by atoms with Crippen molar-refractivity contribution in [2.24, 2.45) is 5.92 Å². The van der Waals surface area contributed by atoms with Crippen LogP contribution in [0, 0.1) is 5.92 Å². The number of phenols is 1. The average Bonchev–Trinajstić information content (AvgIpc) is 3.26. The van der Waals surface area contributed by atoms with Crippen LogP contribution in [0.4, 0.5) is 0 Å². The van der Waals surface area contributed by atoms with E-state index in [-0.39, 0.29) is 17.5 Å². The molecule has 1 aromatic heterocycles. The SMILES string of the molecule is COC(=O)CC1CCN(Cc2c(O)ccc3occ(C(=O)c4ccc(OC)cc4)c23)CC1. The number of ether oxygens (including phenoxy) is 2. The Hall–Kier alpha value is -3.32. The molecule has 0 radical (unpaired) electrons. The first-order chi connectivity index (χ1) is 15.5. The van der Waals surface area contributed by atoms with E-state index in [9.17, 15) is 14.7 Å². The summed E-state index contributed by atoms with van der Waals surface area (Å²) in [6.07, 6.45) is 3.67. The van der Waals surface area contributed by atoms with E-state index in [1.165, 1.54) is 13.4 Å². The van der Waals surface area contributed by atoms with E-state index in [0.717, 1.165) is 25.9 Å². The molecule has 0 bridgehead atoms. The van der Waals surface area contributed by atoms with Crippen molar-refractivity contribution in [2.75, 3.05) is 27.3 Å². The molecule has 1 saturated heterocycles. The number of phenolic OH excluding ortho intramolecular Hbond substituents is 1. The molecule has 168 valence electrons. The van der Waals surface area contributed by atoms with Crippen LogP contribution < -0.4 is 4.74 Å². The first kappa shape index (κ1) is 21.9. The fourth-order valence-electron chi connectivity index (χ4n) is 4.31. The van der Waals surface area contributed by atoms with Crippen molar-refractivity contribution in [2.45, 2.75) is 25.8 Å². The summed E-state index contributed by atoms with van der Waals surface area (Å²) in [7, 11) is 2.99. The molecule has 4 rings (SSSR count). The number of hydrogen-bond donors (Lipinski definition) is 1. The van der Waals surface area contributed by atoms with Crippen LogP contribution in [0.5, 0.6) is 11.5 Å². The fourth-order valence-corrected chi connectivity index (χ4v) is 4.31. The van der Waals surface area contributed by atoms with E-state index in [1.54, 1.807) is 43.5 Å². The highest BCUT2D eigenvalue weighted by Crippen LogP contribution is 2.34. The Morgan fingerprint density at radius 3 is 2.47 bits per heavy atom. The Balaban J connectivity index is 1.57. The molecule has 1 aliphatic rings. The Morgan fingerprint density at radius 2 is 1.81 bits per heavy atom. The third-order valence-corrected chi connectivity index (χ3v) is 6.19. The summed E-state index contributed by atoms with van der Waals surface area (Å²) in [6, 6.07) is 10.2. The summed E-state index contributed by atoms with van der Waals surface area (Å²) >= 11 is 0. The highest BCUT2D eigenvalue weighted by atomic mass is 16.5. The number of likely N-dealkylation sites (tertiary alicyclic amines) is 1. The first-order valence-corrected chi connectivity index (χ1v) is 10.7.